The Morgan fingerprint density at radius 3 is 2.33 bits per heavy atom. The highest BCUT2D eigenvalue weighted by Crippen LogP contribution is 2.17. The number of hydrogen-bond acceptors (Lipinski definition) is 2. The number of aryl methyl sites for hydroxylation is 2. The highest BCUT2D eigenvalue weighted by molar-refractivity contribution is 7.89. The first kappa shape index (κ1) is 12.2. The second kappa shape index (κ2) is 4.77. The van der Waals surface area contributed by atoms with Crippen molar-refractivity contribution in [1.82, 2.24) is 0 Å². The second-order valence-corrected chi connectivity index (χ2v) is 5.14. The van der Waals surface area contributed by atoms with Crippen LogP contribution in [0, 0.1) is 0 Å². The molecule has 0 amide bonds. The first-order valence-corrected chi connectivity index (χ1v) is 6.68. The van der Waals surface area contributed by atoms with Gasteiger partial charge in [-0.2, -0.15) is 0 Å². The van der Waals surface area contributed by atoms with E-state index in [1.807, 2.05) is 13.0 Å². The van der Waals surface area contributed by atoms with Gasteiger partial charge in [0.1, 0.15) is 0 Å². The molecule has 0 atom stereocenters. The van der Waals surface area contributed by atoms with Crippen LogP contribution in [0.3, 0.4) is 0 Å². The topological polar surface area (TPSA) is 60.2 Å². The summed E-state index contributed by atoms with van der Waals surface area (Å²) < 4.78 is 22.3. The molecule has 1 aromatic carbocycles. The Labute approximate surface area is 91.4 Å². The van der Waals surface area contributed by atoms with Gasteiger partial charge in [0, 0.05) is 0 Å². The lowest BCUT2D eigenvalue weighted by atomic mass is 10.0. The molecule has 0 aliphatic rings. The number of rotatable bonds is 4. The average molecular weight is 227 g/mol. The molecule has 0 bridgehead atoms. The summed E-state index contributed by atoms with van der Waals surface area (Å²) in [6.07, 6.45) is 2.87. The monoisotopic (exact) mass is 227 g/mol. The normalized spacial score (nSPS) is 11.7. The van der Waals surface area contributed by atoms with Crippen molar-refractivity contribution in [2.24, 2.45) is 5.14 Å². The smallest absolute Gasteiger partial charge is 0.225 e. The number of nitrogens with two attached hydrogens (primary N) is 1. The van der Waals surface area contributed by atoms with Gasteiger partial charge in [0.05, 0.1) is 4.90 Å². The van der Waals surface area contributed by atoms with Crippen LogP contribution in [-0.4, -0.2) is 8.42 Å². The van der Waals surface area contributed by atoms with Crippen molar-refractivity contribution < 1.29 is 8.42 Å². The van der Waals surface area contributed by atoms with Crippen molar-refractivity contribution in [1.29, 1.82) is 0 Å². The van der Waals surface area contributed by atoms with Crippen molar-refractivity contribution in [3.05, 3.63) is 29.3 Å². The van der Waals surface area contributed by atoms with Crippen LogP contribution in [0.15, 0.2) is 23.1 Å². The van der Waals surface area contributed by atoms with Gasteiger partial charge in [0.25, 0.3) is 0 Å². The van der Waals surface area contributed by atoms with Gasteiger partial charge in [-0.05, 0) is 36.1 Å². The number of sulfonamides is 1. The fourth-order valence-electron chi connectivity index (χ4n) is 1.62. The van der Waals surface area contributed by atoms with Gasteiger partial charge < -0.3 is 0 Å². The fraction of sp³-hybridized carbons (Fsp3) is 0.455. The molecule has 3 nitrogen and oxygen atoms in total. The SMILES string of the molecule is CCCc1ccc(S(N)(=O)=O)cc1CC. The zero-order valence-electron chi connectivity index (χ0n) is 9.16. The fourth-order valence-corrected chi connectivity index (χ4v) is 2.19. The summed E-state index contributed by atoms with van der Waals surface area (Å²) >= 11 is 0. The van der Waals surface area contributed by atoms with E-state index >= 15 is 0 Å². The van der Waals surface area contributed by atoms with E-state index in [9.17, 15) is 8.42 Å². The van der Waals surface area contributed by atoms with Crippen molar-refractivity contribution >= 4 is 10.0 Å². The molecular formula is C11H17NO2S. The van der Waals surface area contributed by atoms with Gasteiger partial charge in [0.15, 0.2) is 0 Å². The zero-order chi connectivity index (χ0) is 11.5. The molecule has 0 saturated heterocycles. The van der Waals surface area contributed by atoms with Crippen LogP contribution < -0.4 is 5.14 Å². The Hall–Kier alpha value is -0.870. The summed E-state index contributed by atoms with van der Waals surface area (Å²) in [6, 6.07) is 5.13. The summed E-state index contributed by atoms with van der Waals surface area (Å²) in [6.45, 7) is 4.12. The van der Waals surface area contributed by atoms with E-state index in [4.69, 9.17) is 5.14 Å². The molecule has 1 aromatic rings. The lowest BCUT2D eigenvalue weighted by Crippen LogP contribution is -2.12. The molecule has 4 heteroatoms. The van der Waals surface area contributed by atoms with Crippen molar-refractivity contribution in [3.8, 4) is 0 Å². The molecule has 0 aliphatic heterocycles. The van der Waals surface area contributed by atoms with Gasteiger partial charge in [0.2, 0.25) is 10.0 Å². The predicted octanol–water partition coefficient (Wildman–Crippen LogP) is 1.85. The molecule has 0 unspecified atom stereocenters. The molecule has 0 heterocycles. The van der Waals surface area contributed by atoms with Crippen molar-refractivity contribution in [3.63, 3.8) is 0 Å². The molecular weight excluding hydrogens is 210 g/mol. The maximum atomic E-state index is 11.1. The second-order valence-electron chi connectivity index (χ2n) is 3.58. The third-order valence-electron chi connectivity index (χ3n) is 2.41. The lowest BCUT2D eigenvalue weighted by molar-refractivity contribution is 0.597. The minimum atomic E-state index is -3.57. The Bertz CT molecular complexity index is 438. The Balaban J connectivity index is 3.19. The summed E-state index contributed by atoms with van der Waals surface area (Å²) in [5.41, 5.74) is 2.29. The highest BCUT2D eigenvalue weighted by atomic mass is 32.2. The summed E-state index contributed by atoms with van der Waals surface area (Å²) in [5.74, 6) is 0. The summed E-state index contributed by atoms with van der Waals surface area (Å²) in [7, 11) is -3.57. The highest BCUT2D eigenvalue weighted by Gasteiger charge is 2.09. The number of benzene rings is 1. The van der Waals surface area contributed by atoms with Crippen LogP contribution in [0.5, 0.6) is 0 Å². The van der Waals surface area contributed by atoms with E-state index in [0.29, 0.717) is 0 Å². The van der Waals surface area contributed by atoms with E-state index in [2.05, 4.69) is 6.92 Å². The van der Waals surface area contributed by atoms with Crippen molar-refractivity contribution in [2.45, 2.75) is 38.0 Å². The third kappa shape index (κ3) is 3.04. The van der Waals surface area contributed by atoms with Gasteiger partial charge in [-0.3, -0.25) is 0 Å². The molecule has 1 rings (SSSR count). The van der Waals surface area contributed by atoms with Crippen LogP contribution in [0.2, 0.25) is 0 Å². The number of hydrogen-bond donors (Lipinski definition) is 1. The zero-order valence-corrected chi connectivity index (χ0v) is 9.97. The standard InChI is InChI=1S/C11H17NO2S/c1-3-5-10-6-7-11(15(12,13)14)8-9(10)4-2/h6-8H,3-5H2,1-2H3,(H2,12,13,14). The van der Waals surface area contributed by atoms with Crippen LogP contribution in [0.25, 0.3) is 0 Å². The van der Waals surface area contributed by atoms with E-state index in [-0.39, 0.29) is 4.90 Å². The maximum Gasteiger partial charge on any atom is 0.238 e. The Morgan fingerprint density at radius 2 is 1.87 bits per heavy atom. The van der Waals surface area contributed by atoms with Crippen LogP contribution in [-0.2, 0) is 22.9 Å². The van der Waals surface area contributed by atoms with E-state index < -0.39 is 10.0 Å². The molecule has 0 fully saturated rings. The Kier molecular flexibility index (Phi) is 3.88. The predicted molar refractivity (Wildman–Crippen MR) is 61.2 cm³/mol. The molecule has 2 N–H and O–H groups in total. The first-order valence-electron chi connectivity index (χ1n) is 5.13. The molecule has 0 radical (unpaired) electrons. The lowest BCUT2D eigenvalue weighted by Gasteiger charge is -2.08. The van der Waals surface area contributed by atoms with Gasteiger partial charge in [-0.1, -0.05) is 26.3 Å². The van der Waals surface area contributed by atoms with Gasteiger partial charge >= 0.3 is 0 Å². The minimum absolute atomic E-state index is 0.208. The molecule has 0 spiro atoms. The van der Waals surface area contributed by atoms with Gasteiger partial charge in [-0.15, -0.1) is 0 Å². The van der Waals surface area contributed by atoms with E-state index in [0.717, 1.165) is 24.8 Å². The molecule has 84 valence electrons. The summed E-state index contributed by atoms with van der Waals surface area (Å²) in [5, 5.41) is 5.08. The maximum absolute atomic E-state index is 11.1. The van der Waals surface area contributed by atoms with Crippen molar-refractivity contribution in [2.75, 3.05) is 0 Å². The largest absolute Gasteiger partial charge is 0.238 e. The Morgan fingerprint density at radius 1 is 1.20 bits per heavy atom. The molecule has 0 aromatic heterocycles. The molecule has 0 saturated carbocycles. The third-order valence-corrected chi connectivity index (χ3v) is 3.32. The van der Waals surface area contributed by atoms with E-state index in [1.165, 1.54) is 5.56 Å². The van der Waals surface area contributed by atoms with Crippen LogP contribution in [0.1, 0.15) is 31.4 Å². The average Bonchev–Trinajstić information content (AvgIpc) is 2.17. The molecule has 15 heavy (non-hydrogen) atoms. The summed E-state index contributed by atoms with van der Waals surface area (Å²) in [4.78, 5) is 0.208. The van der Waals surface area contributed by atoms with Crippen LogP contribution >= 0.6 is 0 Å². The van der Waals surface area contributed by atoms with Crippen LogP contribution in [0.4, 0.5) is 0 Å². The van der Waals surface area contributed by atoms with E-state index in [1.54, 1.807) is 12.1 Å². The first-order chi connectivity index (χ1) is 6.99. The quantitative estimate of drug-likeness (QED) is 0.853. The van der Waals surface area contributed by atoms with Gasteiger partial charge in [-0.25, -0.2) is 13.6 Å². The minimum Gasteiger partial charge on any atom is -0.225 e. The number of primary sulfonamides is 1. The molecule has 0 aliphatic carbocycles.